The molecule has 3 aromatic rings. The van der Waals surface area contributed by atoms with Gasteiger partial charge in [0.2, 0.25) is 0 Å². The molecule has 0 saturated heterocycles. The van der Waals surface area contributed by atoms with E-state index >= 15 is 0 Å². The molecule has 0 radical (unpaired) electrons. The molecule has 0 saturated carbocycles. The third-order valence-electron chi connectivity index (χ3n) is 3.92. The lowest BCUT2D eigenvalue weighted by Gasteiger charge is -2.04. The van der Waals surface area contributed by atoms with Gasteiger partial charge in [-0.1, -0.05) is 0 Å². The summed E-state index contributed by atoms with van der Waals surface area (Å²) < 4.78 is 59.3. The number of nitrogens with one attached hydrogen (secondary N) is 1. The van der Waals surface area contributed by atoms with Crippen LogP contribution >= 0.6 is 0 Å². The Balaban J connectivity index is 1.66. The fourth-order valence-electron chi connectivity index (χ4n) is 2.53. The number of hydrogen-bond acceptors (Lipinski definition) is 4. The average Bonchev–Trinajstić information content (AvgIpc) is 3.39. The van der Waals surface area contributed by atoms with Crippen molar-refractivity contribution < 1.29 is 26.8 Å². The Bertz CT molecular complexity index is 947. The van der Waals surface area contributed by atoms with Crippen molar-refractivity contribution in [2.45, 2.75) is 39.4 Å². The number of alkyl halides is 4. The molecule has 0 spiro atoms. The molecule has 3 heterocycles. The molecule has 1 amide bonds. The highest BCUT2D eigenvalue weighted by atomic mass is 19.3. The quantitative estimate of drug-likeness (QED) is 0.588. The van der Waals surface area contributed by atoms with E-state index in [9.17, 15) is 22.4 Å². The molecule has 28 heavy (non-hydrogen) atoms. The van der Waals surface area contributed by atoms with Crippen LogP contribution in [0.2, 0.25) is 0 Å². The summed E-state index contributed by atoms with van der Waals surface area (Å²) in [5.74, 6) is -0.420. The topological polar surface area (TPSA) is 77.9 Å². The molecule has 0 aliphatic carbocycles. The molecule has 0 aliphatic heterocycles. The Kier molecular flexibility index (Phi) is 5.81. The highest BCUT2D eigenvalue weighted by Crippen LogP contribution is 2.26. The lowest BCUT2D eigenvalue weighted by atomic mass is 10.3. The summed E-state index contributed by atoms with van der Waals surface area (Å²) >= 11 is 0. The van der Waals surface area contributed by atoms with Crippen molar-refractivity contribution in [3.05, 3.63) is 59.1 Å². The zero-order valence-corrected chi connectivity index (χ0v) is 14.8. The summed E-state index contributed by atoms with van der Waals surface area (Å²) in [6.07, 6.45) is -4.15. The normalized spacial score (nSPS) is 11.5. The van der Waals surface area contributed by atoms with E-state index in [-0.39, 0.29) is 24.6 Å². The SMILES string of the molecule is CCn1ccc(CNC(=O)c2ccc(Cn3nc(C(F)F)cc3C(F)F)o2)n1. The Hall–Kier alpha value is -3.11. The second-order valence-electron chi connectivity index (χ2n) is 5.86. The second kappa shape index (κ2) is 8.28. The molecule has 0 atom stereocenters. The minimum atomic E-state index is -2.97. The zero-order valence-electron chi connectivity index (χ0n) is 14.8. The van der Waals surface area contributed by atoms with Gasteiger partial charge in [0.1, 0.15) is 17.1 Å². The van der Waals surface area contributed by atoms with E-state index in [1.165, 1.54) is 12.1 Å². The molecular weight excluding hydrogens is 382 g/mol. The number of rotatable bonds is 8. The summed E-state index contributed by atoms with van der Waals surface area (Å²) in [5.41, 5.74) is -0.727. The number of nitrogens with zero attached hydrogens (tertiary/aromatic N) is 4. The maximum atomic E-state index is 13.0. The van der Waals surface area contributed by atoms with Crippen molar-refractivity contribution in [2.75, 3.05) is 0 Å². The van der Waals surface area contributed by atoms with Crippen molar-refractivity contribution in [3.8, 4) is 0 Å². The van der Waals surface area contributed by atoms with E-state index in [1.54, 1.807) is 16.9 Å². The van der Waals surface area contributed by atoms with E-state index in [1.807, 2.05) is 6.92 Å². The van der Waals surface area contributed by atoms with Crippen LogP contribution in [0.3, 0.4) is 0 Å². The van der Waals surface area contributed by atoms with Crippen LogP contribution in [0.5, 0.6) is 0 Å². The average molecular weight is 399 g/mol. The fourth-order valence-corrected chi connectivity index (χ4v) is 2.53. The van der Waals surface area contributed by atoms with Gasteiger partial charge in [-0.2, -0.15) is 10.2 Å². The lowest BCUT2D eigenvalue weighted by Crippen LogP contribution is -2.22. The highest BCUT2D eigenvalue weighted by Gasteiger charge is 2.22. The van der Waals surface area contributed by atoms with Crippen molar-refractivity contribution >= 4 is 5.91 Å². The number of aryl methyl sites for hydroxylation is 1. The summed E-state index contributed by atoms with van der Waals surface area (Å²) in [4.78, 5) is 12.1. The number of hydrogen-bond donors (Lipinski definition) is 1. The van der Waals surface area contributed by atoms with Gasteiger partial charge < -0.3 is 9.73 Å². The summed E-state index contributed by atoms with van der Waals surface area (Å²) in [5, 5.41) is 10.3. The maximum Gasteiger partial charge on any atom is 0.287 e. The summed E-state index contributed by atoms with van der Waals surface area (Å²) in [7, 11) is 0. The lowest BCUT2D eigenvalue weighted by molar-refractivity contribution is 0.0920. The van der Waals surface area contributed by atoms with Gasteiger partial charge in [0.25, 0.3) is 18.8 Å². The van der Waals surface area contributed by atoms with Crippen LogP contribution in [0.25, 0.3) is 0 Å². The Morgan fingerprint density at radius 3 is 2.61 bits per heavy atom. The standard InChI is InChI=1S/C17H17F4N5O2/c1-2-25-6-5-10(23-25)8-22-17(27)14-4-3-11(28-14)9-26-13(16(20)21)7-12(24-26)15(18)19/h3-7,15-16H,2,8-9H2,1H3,(H,22,27). The van der Waals surface area contributed by atoms with Crippen LogP contribution in [0, 0.1) is 0 Å². The Morgan fingerprint density at radius 1 is 1.18 bits per heavy atom. The Labute approximate surface area is 156 Å². The molecular formula is C17H17F4N5O2. The fraction of sp³-hybridized carbons (Fsp3) is 0.353. The van der Waals surface area contributed by atoms with Crippen LogP contribution in [0.15, 0.2) is 34.9 Å². The van der Waals surface area contributed by atoms with Gasteiger partial charge in [-0.05, 0) is 31.2 Å². The van der Waals surface area contributed by atoms with Gasteiger partial charge in [0, 0.05) is 12.7 Å². The van der Waals surface area contributed by atoms with E-state index in [4.69, 9.17) is 4.42 Å². The second-order valence-corrected chi connectivity index (χ2v) is 5.86. The largest absolute Gasteiger partial charge is 0.454 e. The van der Waals surface area contributed by atoms with Gasteiger partial charge >= 0.3 is 0 Å². The minimum absolute atomic E-state index is 0.0373. The number of amides is 1. The van der Waals surface area contributed by atoms with Crippen LogP contribution in [0.1, 0.15) is 53.2 Å². The number of halogens is 4. The number of aromatic nitrogens is 4. The van der Waals surface area contributed by atoms with E-state index in [2.05, 4.69) is 15.5 Å². The molecule has 150 valence electrons. The van der Waals surface area contributed by atoms with Crippen LogP contribution in [0.4, 0.5) is 17.6 Å². The van der Waals surface area contributed by atoms with Crippen LogP contribution < -0.4 is 5.32 Å². The molecule has 0 aliphatic rings. The van der Waals surface area contributed by atoms with E-state index in [0.717, 1.165) is 4.68 Å². The first-order valence-corrected chi connectivity index (χ1v) is 8.40. The van der Waals surface area contributed by atoms with Crippen molar-refractivity contribution in [2.24, 2.45) is 0 Å². The number of furan rings is 1. The molecule has 0 unspecified atom stereocenters. The first-order valence-electron chi connectivity index (χ1n) is 8.40. The van der Waals surface area contributed by atoms with Gasteiger partial charge in [0.05, 0.1) is 18.8 Å². The van der Waals surface area contributed by atoms with E-state index < -0.39 is 30.1 Å². The molecule has 1 N–H and O–H groups in total. The van der Waals surface area contributed by atoms with Crippen molar-refractivity contribution in [3.63, 3.8) is 0 Å². The third kappa shape index (κ3) is 4.41. The Morgan fingerprint density at radius 2 is 1.96 bits per heavy atom. The third-order valence-corrected chi connectivity index (χ3v) is 3.92. The molecule has 0 bridgehead atoms. The van der Waals surface area contributed by atoms with Gasteiger partial charge in [-0.25, -0.2) is 17.6 Å². The molecule has 7 nitrogen and oxygen atoms in total. The van der Waals surface area contributed by atoms with Crippen molar-refractivity contribution in [1.82, 2.24) is 24.9 Å². The molecule has 0 fully saturated rings. The molecule has 3 rings (SSSR count). The van der Waals surface area contributed by atoms with Gasteiger partial charge in [-0.3, -0.25) is 14.2 Å². The predicted octanol–water partition coefficient (Wildman–Crippen LogP) is 3.55. The van der Waals surface area contributed by atoms with Crippen LogP contribution in [-0.2, 0) is 19.6 Å². The predicted molar refractivity (Wildman–Crippen MR) is 89.0 cm³/mol. The first kappa shape index (κ1) is 19.6. The molecule has 0 aromatic carbocycles. The van der Waals surface area contributed by atoms with Crippen molar-refractivity contribution in [1.29, 1.82) is 0 Å². The first-order chi connectivity index (χ1) is 13.4. The van der Waals surface area contributed by atoms with E-state index in [0.29, 0.717) is 18.3 Å². The van der Waals surface area contributed by atoms with Gasteiger partial charge in [-0.15, -0.1) is 0 Å². The van der Waals surface area contributed by atoms with Gasteiger partial charge in [0.15, 0.2) is 5.76 Å². The number of carbonyl (C=O) groups excluding carboxylic acids is 1. The monoisotopic (exact) mass is 399 g/mol. The van der Waals surface area contributed by atoms with Crippen LogP contribution in [-0.4, -0.2) is 25.5 Å². The molecule has 3 aromatic heterocycles. The number of carbonyl (C=O) groups is 1. The summed E-state index contributed by atoms with van der Waals surface area (Å²) in [6.45, 7) is 2.52. The maximum absolute atomic E-state index is 13.0. The highest BCUT2D eigenvalue weighted by molar-refractivity contribution is 5.91. The summed E-state index contributed by atoms with van der Waals surface area (Å²) in [6, 6.07) is 5.19. The molecule has 11 heteroatoms. The smallest absolute Gasteiger partial charge is 0.287 e. The zero-order chi connectivity index (χ0) is 20.3. The minimum Gasteiger partial charge on any atom is -0.454 e.